The van der Waals surface area contributed by atoms with Crippen LogP contribution in [0.5, 0.6) is 0 Å². The van der Waals surface area contributed by atoms with Gasteiger partial charge in [-0.15, -0.1) is 12.4 Å². The fourth-order valence-electron chi connectivity index (χ4n) is 4.31. The van der Waals surface area contributed by atoms with Crippen molar-refractivity contribution in [3.8, 4) is 0 Å². The Morgan fingerprint density at radius 1 is 1.00 bits per heavy atom. The van der Waals surface area contributed by atoms with E-state index in [9.17, 15) is 14.4 Å². The van der Waals surface area contributed by atoms with Crippen molar-refractivity contribution >= 4 is 18.3 Å². The van der Waals surface area contributed by atoms with Crippen molar-refractivity contribution in [2.45, 2.75) is 25.9 Å². The molecule has 1 amide bonds. The molecule has 1 aromatic heterocycles. The zero-order chi connectivity index (χ0) is 19.5. The molecular weight excluding hydrogens is 392 g/mol. The maximum atomic E-state index is 12.8. The molecule has 2 aliphatic heterocycles. The standard InChI is InChI=1S/C21H26N4O3.ClH/c26-19-8-11-24(14-16-4-2-1-3-5-16)21(28)25(19)15-20(27)23-9-6-17-12-22-13-18(17)7-10-23;/h1-5,8,11,17-18,22H,6-7,9-10,12-15H2;1H/t17-,18+;. The van der Waals surface area contributed by atoms with E-state index in [1.54, 1.807) is 0 Å². The predicted molar refractivity (Wildman–Crippen MR) is 113 cm³/mol. The van der Waals surface area contributed by atoms with Gasteiger partial charge in [0.05, 0.1) is 6.54 Å². The van der Waals surface area contributed by atoms with E-state index in [1.165, 1.54) is 16.8 Å². The number of hydrogen-bond acceptors (Lipinski definition) is 4. The number of benzene rings is 1. The smallest absolute Gasteiger partial charge is 0.331 e. The van der Waals surface area contributed by atoms with Crippen LogP contribution in [0, 0.1) is 11.8 Å². The zero-order valence-electron chi connectivity index (χ0n) is 16.3. The lowest BCUT2D eigenvalue weighted by Crippen LogP contribution is -2.44. The molecule has 0 spiro atoms. The van der Waals surface area contributed by atoms with Gasteiger partial charge in [-0.2, -0.15) is 0 Å². The fourth-order valence-corrected chi connectivity index (χ4v) is 4.31. The Bertz CT molecular complexity index is 942. The van der Waals surface area contributed by atoms with Crippen molar-refractivity contribution in [3.05, 3.63) is 69.0 Å². The van der Waals surface area contributed by atoms with Crippen molar-refractivity contribution in [2.24, 2.45) is 11.8 Å². The number of nitrogens with zero attached hydrogens (tertiary/aromatic N) is 3. The lowest BCUT2D eigenvalue weighted by atomic mass is 9.92. The van der Waals surface area contributed by atoms with Crippen LogP contribution in [0.1, 0.15) is 18.4 Å². The molecular formula is C21H27ClN4O3. The highest BCUT2D eigenvalue weighted by atomic mass is 35.5. The first-order chi connectivity index (χ1) is 13.6. The average Bonchev–Trinajstić information content (AvgIpc) is 3.06. The van der Waals surface area contributed by atoms with Crippen LogP contribution in [0.4, 0.5) is 0 Å². The third-order valence-electron chi connectivity index (χ3n) is 6.00. The van der Waals surface area contributed by atoms with Crippen molar-refractivity contribution in [1.82, 2.24) is 19.4 Å². The Kier molecular flexibility index (Phi) is 6.92. The Morgan fingerprint density at radius 2 is 1.66 bits per heavy atom. The maximum absolute atomic E-state index is 12.8. The first-order valence-corrected chi connectivity index (χ1v) is 9.94. The number of nitrogens with one attached hydrogen (secondary N) is 1. The molecule has 2 fully saturated rings. The van der Waals surface area contributed by atoms with Crippen molar-refractivity contribution in [1.29, 1.82) is 0 Å². The second-order valence-electron chi connectivity index (χ2n) is 7.77. The monoisotopic (exact) mass is 418 g/mol. The molecule has 1 N–H and O–H groups in total. The van der Waals surface area contributed by atoms with Crippen LogP contribution in [0.3, 0.4) is 0 Å². The fraction of sp³-hybridized carbons (Fsp3) is 0.476. The summed E-state index contributed by atoms with van der Waals surface area (Å²) in [5.74, 6) is 1.10. The molecule has 29 heavy (non-hydrogen) atoms. The first-order valence-electron chi connectivity index (χ1n) is 9.94. The van der Waals surface area contributed by atoms with Gasteiger partial charge in [0.15, 0.2) is 0 Å². The van der Waals surface area contributed by atoms with Gasteiger partial charge < -0.3 is 10.2 Å². The molecule has 0 saturated carbocycles. The van der Waals surface area contributed by atoms with Gasteiger partial charge >= 0.3 is 5.69 Å². The highest BCUT2D eigenvalue weighted by Crippen LogP contribution is 2.27. The number of likely N-dealkylation sites (tertiary alicyclic amines) is 1. The van der Waals surface area contributed by atoms with Crippen LogP contribution < -0.4 is 16.6 Å². The van der Waals surface area contributed by atoms with E-state index in [2.05, 4.69) is 5.32 Å². The summed E-state index contributed by atoms with van der Waals surface area (Å²) in [6.45, 7) is 3.61. The zero-order valence-corrected chi connectivity index (χ0v) is 17.1. The number of hydrogen-bond donors (Lipinski definition) is 1. The lowest BCUT2D eigenvalue weighted by molar-refractivity contribution is -0.132. The molecule has 3 heterocycles. The Labute approximate surface area is 175 Å². The van der Waals surface area contributed by atoms with Gasteiger partial charge in [-0.3, -0.25) is 18.7 Å². The number of carbonyl (C=O) groups excluding carboxylic acids is 1. The summed E-state index contributed by atoms with van der Waals surface area (Å²) in [5, 5.41) is 3.42. The Balaban J connectivity index is 0.00000240. The van der Waals surface area contributed by atoms with Crippen LogP contribution in [-0.4, -0.2) is 46.1 Å². The molecule has 156 valence electrons. The van der Waals surface area contributed by atoms with Gasteiger partial charge in [-0.1, -0.05) is 30.3 Å². The highest BCUT2D eigenvalue weighted by Gasteiger charge is 2.31. The summed E-state index contributed by atoms with van der Waals surface area (Å²) in [5.41, 5.74) is 0.0907. The molecule has 0 aliphatic carbocycles. The van der Waals surface area contributed by atoms with Crippen LogP contribution in [0.15, 0.2) is 52.2 Å². The number of aromatic nitrogens is 2. The van der Waals surface area contributed by atoms with E-state index in [1.807, 2.05) is 35.2 Å². The van der Waals surface area contributed by atoms with Crippen LogP contribution in [0.25, 0.3) is 0 Å². The van der Waals surface area contributed by atoms with Gasteiger partial charge in [0.2, 0.25) is 5.91 Å². The molecule has 4 rings (SSSR count). The maximum Gasteiger partial charge on any atom is 0.331 e. The van der Waals surface area contributed by atoms with Crippen LogP contribution in [0.2, 0.25) is 0 Å². The van der Waals surface area contributed by atoms with Crippen molar-refractivity contribution in [2.75, 3.05) is 26.2 Å². The Hall–Kier alpha value is -2.38. The largest absolute Gasteiger partial charge is 0.341 e. The molecule has 2 saturated heterocycles. The number of rotatable bonds is 4. The summed E-state index contributed by atoms with van der Waals surface area (Å²) >= 11 is 0. The minimum Gasteiger partial charge on any atom is -0.341 e. The van der Waals surface area contributed by atoms with Crippen molar-refractivity contribution < 1.29 is 4.79 Å². The van der Waals surface area contributed by atoms with Gasteiger partial charge in [0.1, 0.15) is 6.54 Å². The van der Waals surface area contributed by atoms with E-state index in [-0.39, 0.29) is 24.9 Å². The van der Waals surface area contributed by atoms with E-state index in [0.29, 0.717) is 31.5 Å². The summed E-state index contributed by atoms with van der Waals surface area (Å²) in [4.78, 5) is 39.7. The minimum absolute atomic E-state index is 0. The summed E-state index contributed by atoms with van der Waals surface area (Å²) in [7, 11) is 0. The molecule has 2 aromatic rings. The normalized spacial score (nSPS) is 21.2. The number of fused-ring (bicyclic) bond motifs is 1. The number of carbonyl (C=O) groups is 1. The molecule has 7 nitrogen and oxygen atoms in total. The topological polar surface area (TPSA) is 76.3 Å². The molecule has 2 aliphatic rings. The third-order valence-corrected chi connectivity index (χ3v) is 6.00. The van der Waals surface area contributed by atoms with Gasteiger partial charge in [0.25, 0.3) is 5.56 Å². The van der Waals surface area contributed by atoms with Crippen LogP contribution in [-0.2, 0) is 17.9 Å². The van der Waals surface area contributed by atoms with Crippen molar-refractivity contribution in [3.63, 3.8) is 0 Å². The van der Waals surface area contributed by atoms with E-state index >= 15 is 0 Å². The summed E-state index contributed by atoms with van der Waals surface area (Å²) in [6, 6.07) is 10.9. The summed E-state index contributed by atoms with van der Waals surface area (Å²) in [6.07, 6.45) is 3.45. The van der Waals surface area contributed by atoms with E-state index < -0.39 is 11.2 Å². The first kappa shape index (κ1) is 21.3. The number of halogens is 1. The second kappa shape index (κ2) is 9.41. The molecule has 1 aromatic carbocycles. The van der Waals surface area contributed by atoms with Gasteiger partial charge in [-0.05, 0) is 43.3 Å². The third kappa shape index (κ3) is 4.79. The lowest BCUT2D eigenvalue weighted by Gasteiger charge is -2.21. The highest BCUT2D eigenvalue weighted by molar-refractivity contribution is 5.85. The second-order valence-corrected chi connectivity index (χ2v) is 7.77. The predicted octanol–water partition coefficient (Wildman–Crippen LogP) is 0.938. The number of amides is 1. The molecule has 0 radical (unpaired) electrons. The molecule has 2 atom stereocenters. The van der Waals surface area contributed by atoms with Gasteiger partial charge in [-0.25, -0.2) is 4.79 Å². The van der Waals surface area contributed by atoms with E-state index in [0.717, 1.165) is 36.1 Å². The molecule has 0 unspecified atom stereocenters. The molecule has 8 heteroatoms. The van der Waals surface area contributed by atoms with Gasteiger partial charge in [0, 0.05) is 25.4 Å². The molecule has 0 bridgehead atoms. The minimum atomic E-state index is -0.444. The Morgan fingerprint density at radius 3 is 2.31 bits per heavy atom. The van der Waals surface area contributed by atoms with Crippen LogP contribution >= 0.6 is 12.4 Å². The average molecular weight is 419 g/mol. The summed E-state index contributed by atoms with van der Waals surface area (Å²) < 4.78 is 2.53. The van der Waals surface area contributed by atoms with E-state index in [4.69, 9.17) is 0 Å². The SMILES string of the molecule is Cl.O=C(Cn1c(=O)ccn(Cc2ccccc2)c1=O)N1CC[C@@H]2CNC[C@@H]2CC1. The quantitative estimate of drug-likeness (QED) is 0.801.